The highest BCUT2D eigenvalue weighted by molar-refractivity contribution is 7.98. The van der Waals surface area contributed by atoms with Crippen LogP contribution in [-0.2, 0) is 5.75 Å². The van der Waals surface area contributed by atoms with Gasteiger partial charge in [0, 0.05) is 23.8 Å². The second-order valence-electron chi connectivity index (χ2n) is 5.21. The van der Waals surface area contributed by atoms with Crippen LogP contribution in [0.25, 0.3) is 5.69 Å². The Balaban J connectivity index is 1.82. The Morgan fingerprint density at radius 2 is 1.92 bits per heavy atom. The number of rotatable bonds is 6. The summed E-state index contributed by atoms with van der Waals surface area (Å²) < 4.78 is 20.6. The highest BCUT2D eigenvalue weighted by atomic mass is 32.2. The SMILES string of the molecule is CCOc1ccc(-n2ccnc(SCc3ccccc3F)c2=O)cc1. The van der Waals surface area contributed by atoms with E-state index in [9.17, 15) is 9.18 Å². The third-order valence-electron chi connectivity index (χ3n) is 3.56. The van der Waals surface area contributed by atoms with Gasteiger partial charge in [0.1, 0.15) is 11.6 Å². The molecule has 0 saturated carbocycles. The van der Waals surface area contributed by atoms with E-state index in [-0.39, 0.29) is 11.4 Å². The maximum atomic E-state index is 13.7. The molecule has 4 nitrogen and oxygen atoms in total. The van der Waals surface area contributed by atoms with Crippen molar-refractivity contribution in [3.8, 4) is 11.4 Å². The van der Waals surface area contributed by atoms with Gasteiger partial charge >= 0.3 is 0 Å². The topological polar surface area (TPSA) is 44.1 Å². The normalized spacial score (nSPS) is 10.6. The van der Waals surface area contributed by atoms with Gasteiger partial charge < -0.3 is 4.74 Å². The van der Waals surface area contributed by atoms with Crippen molar-refractivity contribution in [2.45, 2.75) is 17.7 Å². The lowest BCUT2D eigenvalue weighted by molar-refractivity contribution is 0.340. The highest BCUT2D eigenvalue weighted by Crippen LogP contribution is 2.20. The predicted molar refractivity (Wildman–Crippen MR) is 97.0 cm³/mol. The molecule has 0 spiro atoms. The van der Waals surface area contributed by atoms with E-state index in [1.54, 1.807) is 30.6 Å². The Hall–Kier alpha value is -2.60. The minimum atomic E-state index is -0.280. The van der Waals surface area contributed by atoms with E-state index >= 15 is 0 Å². The molecule has 0 N–H and O–H groups in total. The fourth-order valence-electron chi connectivity index (χ4n) is 2.33. The summed E-state index contributed by atoms with van der Waals surface area (Å²) in [6.07, 6.45) is 3.19. The van der Waals surface area contributed by atoms with Gasteiger partial charge in [0.25, 0.3) is 5.56 Å². The number of aromatic nitrogens is 2. The van der Waals surface area contributed by atoms with E-state index in [1.165, 1.54) is 22.4 Å². The van der Waals surface area contributed by atoms with E-state index in [4.69, 9.17) is 4.74 Å². The summed E-state index contributed by atoms with van der Waals surface area (Å²) in [5.74, 6) is 0.822. The van der Waals surface area contributed by atoms with Gasteiger partial charge in [-0.15, -0.1) is 0 Å². The Labute approximate surface area is 149 Å². The van der Waals surface area contributed by atoms with Crippen LogP contribution < -0.4 is 10.3 Å². The van der Waals surface area contributed by atoms with Crippen LogP contribution in [0.1, 0.15) is 12.5 Å². The van der Waals surface area contributed by atoms with Gasteiger partial charge in [-0.3, -0.25) is 9.36 Å². The largest absolute Gasteiger partial charge is 0.494 e. The summed E-state index contributed by atoms with van der Waals surface area (Å²) in [7, 11) is 0. The van der Waals surface area contributed by atoms with Crippen molar-refractivity contribution in [3.05, 3.63) is 82.7 Å². The van der Waals surface area contributed by atoms with Crippen molar-refractivity contribution in [2.24, 2.45) is 0 Å². The molecule has 0 saturated heterocycles. The van der Waals surface area contributed by atoms with Gasteiger partial charge in [0.2, 0.25) is 0 Å². The monoisotopic (exact) mass is 356 g/mol. The number of hydrogen-bond acceptors (Lipinski definition) is 4. The lowest BCUT2D eigenvalue weighted by Gasteiger charge is -2.09. The first-order valence-electron chi connectivity index (χ1n) is 7.86. The maximum Gasteiger partial charge on any atom is 0.287 e. The summed E-state index contributed by atoms with van der Waals surface area (Å²) >= 11 is 1.23. The molecule has 0 aliphatic heterocycles. The van der Waals surface area contributed by atoms with Crippen molar-refractivity contribution in [1.82, 2.24) is 9.55 Å². The van der Waals surface area contributed by atoms with Crippen molar-refractivity contribution < 1.29 is 9.13 Å². The zero-order valence-corrected chi connectivity index (χ0v) is 14.5. The van der Waals surface area contributed by atoms with Crippen molar-refractivity contribution in [1.29, 1.82) is 0 Å². The Bertz CT molecular complexity index is 910. The first kappa shape index (κ1) is 17.2. The Morgan fingerprint density at radius 1 is 1.16 bits per heavy atom. The standard InChI is InChI=1S/C19H17FN2O2S/c1-2-24-16-9-7-15(8-10-16)22-12-11-21-18(19(22)23)25-13-14-5-3-4-6-17(14)20/h3-12H,2,13H2,1H3. The van der Waals surface area contributed by atoms with Crippen LogP contribution in [0.4, 0.5) is 4.39 Å². The molecule has 0 amide bonds. The molecular weight excluding hydrogens is 339 g/mol. The van der Waals surface area contributed by atoms with Crippen LogP contribution in [0.5, 0.6) is 5.75 Å². The first-order chi connectivity index (χ1) is 12.2. The van der Waals surface area contributed by atoms with Gasteiger partial charge in [0.15, 0.2) is 5.03 Å². The van der Waals surface area contributed by atoms with Crippen LogP contribution >= 0.6 is 11.8 Å². The van der Waals surface area contributed by atoms with Gasteiger partial charge in [-0.1, -0.05) is 30.0 Å². The molecule has 0 atom stereocenters. The molecule has 0 radical (unpaired) electrons. The predicted octanol–water partition coefficient (Wildman–Crippen LogP) is 4.06. The molecule has 3 aromatic rings. The van der Waals surface area contributed by atoms with Gasteiger partial charge in [-0.25, -0.2) is 9.37 Å². The molecule has 0 fully saturated rings. The molecule has 128 valence electrons. The third-order valence-corrected chi connectivity index (χ3v) is 4.57. The quantitative estimate of drug-likeness (QED) is 0.625. The molecule has 0 unspecified atom stereocenters. The number of thioether (sulfide) groups is 1. The van der Waals surface area contributed by atoms with Crippen molar-refractivity contribution >= 4 is 11.8 Å². The third kappa shape index (κ3) is 4.09. The van der Waals surface area contributed by atoms with E-state index in [0.717, 1.165) is 11.4 Å². The van der Waals surface area contributed by atoms with Crippen LogP contribution in [0.15, 0.2) is 70.7 Å². The smallest absolute Gasteiger partial charge is 0.287 e. The molecule has 2 aromatic carbocycles. The number of nitrogens with zero attached hydrogens (tertiary/aromatic N) is 2. The average molecular weight is 356 g/mol. The van der Waals surface area contributed by atoms with Gasteiger partial charge in [-0.05, 0) is 42.8 Å². The van der Waals surface area contributed by atoms with Crippen LogP contribution in [-0.4, -0.2) is 16.2 Å². The molecule has 6 heteroatoms. The highest BCUT2D eigenvalue weighted by Gasteiger charge is 2.09. The fraction of sp³-hybridized carbons (Fsp3) is 0.158. The van der Waals surface area contributed by atoms with E-state index in [0.29, 0.717) is 22.9 Å². The van der Waals surface area contributed by atoms with Crippen molar-refractivity contribution in [3.63, 3.8) is 0 Å². The van der Waals surface area contributed by atoms with Gasteiger partial charge in [-0.2, -0.15) is 0 Å². The molecule has 0 aliphatic rings. The molecule has 0 aliphatic carbocycles. The zero-order chi connectivity index (χ0) is 17.6. The molecule has 0 bridgehead atoms. The van der Waals surface area contributed by atoms with Crippen LogP contribution in [0.2, 0.25) is 0 Å². The van der Waals surface area contributed by atoms with E-state index in [2.05, 4.69) is 4.98 Å². The summed E-state index contributed by atoms with van der Waals surface area (Å²) in [5, 5.41) is 0.333. The molecule has 3 rings (SSSR count). The number of halogens is 1. The summed E-state index contributed by atoms with van der Waals surface area (Å²) in [6.45, 7) is 2.51. The second kappa shape index (κ2) is 7.98. The Morgan fingerprint density at radius 3 is 2.64 bits per heavy atom. The second-order valence-corrected chi connectivity index (χ2v) is 6.18. The molecule has 25 heavy (non-hydrogen) atoms. The van der Waals surface area contributed by atoms with Crippen LogP contribution in [0, 0.1) is 5.82 Å². The zero-order valence-electron chi connectivity index (χ0n) is 13.7. The molecule has 1 aromatic heterocycles. The van der Waals surface area contributed by atoms with E-state index < -0.39 is 0 Å². The minimum Gasteiger partial charge on any atom is -0.494 e. The lowest BCUT2D eigenvalue weighted by Crippen LogP contribution is -2.20. The number of hydrogen-bond donors (Lipinski definition) is 0. The lowest BCUT2D eigenvalue weighted by atomic mass is 10.2. The van der Waals surface area contributed by atoms with E-state index in [1.807, 2.05) is 31.2 Å². The number of ether oxygens (including phenoxy) is 1. The fourth-order valence-corrected chi connectivity index (χ4v) is 3.21. The summed E-state index contributed by atoms with van der Waals surface area (Å²) in [5.41, 5.74) is 1.04. The molecular formula is C19H17FN2O2S. The maximum absolute atomic E-state index is 13.7. The van der Waals surface area contributed by atoms with Crippen LogP contribution in [0.3, 0.4) is 0 Å². The first-order valence-corrected chi connectivity index (χ1v) is 8.84. The summed E-state index contributed by atoms with van der Waals surface area (Å²) in [6, 6.07) is 13.8. The molecule has 1 heterocycles. The minimum absolute atomic E-state index is 0.229. The van der Waals surface area contributed by atoms with Gasteiger partial charge in [0.05, 0.1) is 6.61 Å². The van der Waals surface area contributed by atoms with Crippen molar-refractivity contribution in [2.75, 3.05) is 6.61 Å². The number of benzene rings is 2. The average Bonchev–Trinajstić information content (AvgIpc) is 2.63. The summed E-state index contributed by atoms with van der Waals surface area (Å²) in [4.78, 5) is 16.8. The Kier molecular flexibility index (Phi) is 5.50.